The minimum absolute atomic E-state index is 0.253. The van der Waals surface area contributed by atoms with Gasteiger partial charge in [0.2, 0.25) is 5.03 Å². The Morgan fingerprint density at radius 1 is 1.20 bits per heavy atom. The molecule has 0 aliphatic rings. The zero-order valence-electron chi connectivity index (χ0n) is 8.76. The molecule has 0 bridgehead atoms. The predicted molar refractivity (Wildman–Crippen MR) is 61.1 cm³/mol. The van der Waals surface area contributed by atoms with Crippen LogP contribution in [0.5, 0.6) is 0 Å². The molecular weight excluding hydrogens is 210 g/mol. The lowest BCUT2D eigenvalue weighted by Crippen LogP contribution is -2.08. The molecule has 1 atom stereocenters. The van der Waals surface area contributed by atoms with Crippen LogP contribution in [0.25, 0.3) is 0 Å². The quantitative estimate of drug-likeness (QED) is 0.570. The molecule has 4 heteroatoms. The number of aliphatic hydroxyl groups is 1. The third-order valence-electron chi connectivity index (χ3n) is 2.11. The lowest BCUT2D eigenvalue weighted by Gasteiger charge is -2.08. The monoisotopic (exact) mass is 227 g/mol. The van der Waals surface area contributed by atoms with Crippen LogP contribution in [0, 0.1) is 0 Å². The van der Waals surface area contributed by atoms with Crippen LogP contribution in [0.3, 0.4) is 0 Å². The van der Waals surface area contributed by atoms with Crippen molar-refractivity contribution in [2.45, 2.75) is 30.7 Å². The maximum Gasteiger partial charge on any atom is 0.244 e. The van der Waals surface area contributed by atoms with Gasteiger partial charge in [0, 0.05) is 30.0 Å². The maximum absolute atomic E-state index is 11.7. The van der Waals surface area contributed by atoms with Gasteiger partial charge in [-0.2, -0.15) is 0 Å². The first-order chi connectivity index (χ1) is 7.34. The predicted octanol–water partition coefficient (Wildman–Crippen LogP) is 1.74. The number of nitrogens with zero attached hydrogens (tertiary/aromatic N) is 1. The number of hydrogen-bond acceptors (Lipinski definition) is 3. The molecule has 1 aromatic heterocycles. The van der Waals surface area contributed by atoms with Gasteiger partial charge in [-0.15, -0.1) is 0 Å². The van der Waals surface area contributed by atoms with E-state index in [1.165, 1.54) is 0 Å². The van der Waals surface area contributed by atoms with Crippen molar-refractivity contribution in [3.63, 3.8) is 0 Å². The summed E-state index contributed by atoms with van der Waals surface area (Å²) in [5.41, 5.74) is 0. The van der Waals surface area contributed by atoms with E-state index >= 15 is 0 Å². The molecule has 1 rings (SSSR count). The van der Waals surface area contributed by atoms with Gasteiger partial charge in [-0.05, 0) is 25.3 Å². The topological polar surface area (TPSA) is 56.2 Å². The highest BCUT2D eigenvalue weighted by atomic mass is 32.2. The summed E-state index contributed by atoms with van der Waals surface area (Å²) in [4.78, 5) is 4.05. The summed E-state index contributed by atoms with van der Waals surface area (Å²) >= 11 is -0.962. The van der Waals surface area contributed by atoms with Gasteiger partial charge in [0.25, 0.3) is 0 Å². The molecule has 0 aliphatic heterocycles. The number of rotatable bonds is 7. The van der Waals surface area contributed by atoms with Gasteiger partial charge >= 0.3 is 0 Å². The molecule has 1 N–H and O–H groups in total. The van der Waals surface area contributed by atoms with Gasteiger partial charge in [-0.25, -0.2) is 4.98 Å². The Kier molecular flexibility index (Phi) is 6.39. The summed E-state index contributed by atoms with van der Waals surface area (Å²) in [5.74, 6) is 0.669. The summed E-state index contributed by atoms with van der Waals surface area (Å²) < 4.78 is 11.7. The zero-order chi connectivity index (χ0) is 10.9. The molecule has 0 aliphatic carbocycles. The van der Waals surface area contributed by atoms with Crippen molar-refractivity contribution in [1.29, 1.82) is 0 Å². The second-order valence-corrected chi connectivity index (χ2v) is 4.87. The molecule has 1 unspecified atom stereocenters. The molecule has 84 valence electrons. The largest absolute Gasteiger partial charge is 0.610 e. The minimum atomic E-state index is -0.962. The first-order valence-electron chi connectivity index (χ1n) is 5.25. The van der Waals surface area contributed by atoms with Crippen molar-refractivity contribution in [3.05, 3.63) is 24.4 Å². The van der Waals surface area contributed by atoms with E-state index in [0.29, 0.717) is 10.8 Å². The van der Waals surface area contributed by atoms with Gasteiger partial charge in [-0.3, -0.25) is 0 Å². The van der Waals surface area contributed by atoms with Crippen LogP contribution in [0.2, 0.25) is 0 Å². The van der Waals surface area contributed by atoms with Crippen molar-refractivity contribution in [3.8, 4) is 0 Å². The Labute approximate surface area is 93.7 Å². The normalized spacial score (nSPS) is 12.7. The highest BCUT2D eigenvalue weighted by molar-refractivity contribution is 7.91. The standard InChI is InChI=1S/C11H17NO2S/c13-9-5-1-2-6-10-15(14)11-7-3-4-8-12-11/h3-4,7-8,13H,1-2,5-6,9-10H2. The molecule has 0 saturated heterocycles. The fourth-order valence-electron chi connectivity index (χ4n) is 1.28. The van der Waals surface area contributed by atoms with E-state index < -0.39 is 11.2 Å². The fraction of sp³-hybridized carbons (Fsp3) is 0.545. The van der Waals surface area contributed by atoms with Gasteiger partial charge in [0.05, 0.1) is 0 Å². The van der Waals surface area contributed by atoms with Crippen LogP contribution in [0.4, 0.5) is 0 Å². The van der Waals surface area contributed by atoms with Gasteiger partial charge in [0.15, 0.2) is 0 Å². The molecule has 0 spiro atoms. The number of pyridine rings is 1. The lowest BCUT2D eigenvalue weighted by atomic mass is 10.2. The molecule has 1 heterocycles. The van der Waals surface area contributed by atoms with E-state index in [-0.39, 0.29) is 6.61 Å². The molecule has 0 saturated carbocycles. The summed E-state index contributed by atoms with van der Waals surface area (Å²) in [6, 6.07) is 5.47. The summed E-state index contributed by atoms with van der Waals surface area (Å²) in [6.45, 7) is 0.253. The molecule has 3 nitrogen and oxygen atoms in total. The maximum atomic E-state index is 11.7. The molecule has 0 radical (unpaired) electrons. The highest BCUT2D eigenvalue weighted by Crippen LogP contribution is 2.10. The smallest absolute Gasteiger partial charge is 0.244 e. The van der Waals surface area contributed by atoms with Gasteiger partial charge in [0.1, 0.15) is 5.75 Å². The van der Waals surface area contributed by atoms with E-state index in [1.54, 1.807) is 12.3 Å². The van der Waals surface area contributed by atoms with Crippen LogP contribution in [0.15, 0.2) is 29.4 Å². The summed E-state index contributed by atoms with van der Waals surface area (Å²) in [5, 5.41) is 9.25. The van der Waals surface area contributed by atoms with Gasteiger partial charge in [-0.1, -0.05) is 12.5 Å². The first-order valence-corrected chi connectivity index (χ1v) is 6.57. The molecule has 1 aromatic rings. The van der Waals surface area contributed by atoms with Crippen molar-refractivity contribution >= 4 is 11.2 Å². The Hall–Kier alpha value is -0.580. The molecule has 0 amide bonds. The summed E-state index contributed by atoms with van der Waals surface area (Å²) in [6.07, 6.45) is 5.48. The Morgan fingerprint density at radius 3 is 2.67 bits per heavy atom. The number of unbranched alkanes of at least 4 members (excludes halogenated alkanes) is 3. The zero-order valence-corrected chi connectivity index (χ0v) is 9.58. The Bertz CT molecular complexity index is 256. The SMILES string of the molecule is [O-][S+](CCCCCCO)c1ccccn1. The van der Waals surface area contributed by atoms with Crippen molar-refractivity contribution in [2.24, 2.45) is 0 Å². The van der Waals surface area contributed by atoms with Crippen molar-refractivity contribution < 1.29 is 9.66 Å². The van der Waals surface area contributed by atoms with Crippen molar-refractivity contribution in [2.75, 3.05) is 12.4 Å². The van der Waals surface area contributed by atoms with Crippen LogP contribution in [-0.4, -0.2) is 27.0 Å². The Morgan fingerprint density at radius 2 is 2.00 bits per heavy atom. The first kappa shape index (κ1) is 12.5. The average Bonchev–Trinajstić information content (AvgIpc) is 2.30. The third-order valence-corrected chi connectivity index (χ3v) is 3.48. The second kappa shape index (κ2) is 7.68. The highest BCUT2D eigenvalue weighted by Gasteiger charge is 2.10. The van der Waals surface area contributed by atoms with Crippen molar-refractivity contribution in [1.82, 2.24) is 4.98 Å². The number of hydrogen-bond donors (Lipinski definition) is 1. The molecule has 15 heavy (non-hydrogen) atoms. The average molecular weight is 227 g/mol. The van der Waals surface area contributed by atoms with E-state index in [4.69, 9.17) is 5.11 Å². The lowest BCUT2D eigenvalue weighted by molar-refractivity contribution is 0.283. The molecule has 0 fully saturated rings. The van der Waals surface area contributed by atoms with E-state index in [0.717, 1.165) is 25.7 Å². The molecular formula is C11H17NO2S. The number of aromatic nitrogens is 1. The number of aliphatic hydroxyl groups excluding tert-OH is 1. The molecule has 0 aromatic carbocycles. The second-order valence-electron chi connectivity index (χ2n) is 3.36. The minimum Gasteiger partial charge on any atom is -0.610 e. The Balaban J connectivity index is 2.16. The fourth-order valence-corrected chi connectivity index (χ4v) is 2.37. The van der Waals surface area contributed by atoms with E-state index in [2.05, 4.69) is 4.98 Å². The summed E-state index contributed by atoms with van der Waals surface area (Å²) in [7, 11) is 0. The van der Waals surface area contributed by atoms with E-state index in [1.807, 2.05) is 12.1 Å². The third kappa shape index (κ3) is 5.16. The van der Waals surface area contributed by atoms with Crippen LogP contribution in [0.1, 0.15) is 25.7 Å². The van der Waals surface area contributed by atoms with Crippen LogP contribution in [-0.2, 0) is 11.2 Å². The van der Waals surface area contributed by atoms with Crippen LogP contribution < -0.4 is 0 Å². The van der Waals surface area contributed by atoms with Gasteiger partial charge < -0.3 is 9.66 Å². The van der Waals surface area contributed by atoms with Crippen LogP contribution >= 0.6 is 0 Å². The van der Waals surface area contributed by atoms with E-state index in [9.17, 15) is 4.55 Å².